The van der Waals surface area contributed by atoms with Crippen molar-refractivity contribution in [3.63, 3.8) is 0 Å². The van der Waals surface area contributed by atoms with E-state index in [9.17, 15) is 0 Å². The number of rotatable bonds is 9. The highest BCUT2D eigenvalue weighted by molar-refractivity contribution is 5.80. The first-order chi connectivity index (χ1) is 14.6. The predicted octanol–water partition coefficient (Wildman–Crippen LogP) is 3.25. The number of ether oxygens (including phenoxy) is 1. The molecule has 1 aromatic carbocycles. The summed E-state index contributed by atoms with van der Waals surface area (Å²) < 4.78 is 13.0. The van der Waals surface area contributed by atoms with Crippen LogP contribution < -0.4 is 15.4 Å². The molecule has 1 atom stereocenters. The smallest absolute Gasteiger partial charge is 0.192 e. The second-order valence-electron chi connectivity index (χ2n) is 7.05. The van der Waals surface area contributed by atoms with E-state index in [-0.39, 0.29) is 6.04 Å². The highest BCUT2D eigenvalue weighted by Crippen LogP contribution is 2.16. The molecule has 0 aliphatic carbocycles. The van der Waals surface area contributed by atoms with Crippen LogP contribution in [0.25, 0.3) is 0 Å². The van der Waals surface area contributed by atoms with E-state index < -0.39 is 0 Å². The number of nitrogens with one attached hydrogen (secondary N) is 2. The first-order valence-corrected chi connectivity index (χ1v) is 10.2. The highest BCUT2D eigenvalue weighted by atomic mass is 16.5. The molecular formula is C22H30N6O2. The molecule has 0 amide bonds. The number of benzene rings is 1. The highest BCUT2D eigenvalue weighted by Gasteiger charge is 2.12. The molecule has 0 bridgehead atoms. The fourth-order valence-electron chi connectivity index (χ4n) is 3.05. The standard InChI is InChI=1S/C22H30N6O2/c1-5-21-27-25-15-28(21)13-12-23-22(26-17(3)20-11-6-16(2)30-20)24-14-18-7-9-19(29-4)10-8-18/h6-11,15,17H,5,12-14H2,1-4H3,(H2,23,24,26). The molecule has 2 N–H and O–H groups in total. The maximum Gasteiger partial charge on any atom is 0.192 e. The van der Waals surface area contributed by atoms with Crippen molar-refractivity contribution in [1.82, 2.24) is 25.4 Å². The summed E-state index contributed by atoms with van der Waals surface area (Å²) in [5.74, 6) is 4.29. The van der Waals surface area contributed by atoms with Crippen LogP contribution in [0.1, 0.15) is 42.8 Å². The number of guanidine groups is 1. The zero-order chi connectivity index (χ0) is 21.3. The number of aryl methyl sites for hydroxylation is 2. The molecule has 3 aromatic rings. The third kappa shape index (κ3) is 5.85. The molecule has 0 radical (unpaired) electrons. The second-order valence-corrected chi connectivity index (χ2v) is 7.05. The lowest BCUT2D eigenvalue weighted by Crippen LogP contribution is -2.40. The zero-order valence-electron chi connectivity index (χ0n) is 18.1. The van der Waals surface area contributed by atoms with Crippen LogP contribution in [0.5, 0.6) is 5.75 Å². The van der Waals surface area contributed by atoms with Crippen LogP contribution in [0, 0.1) is 6.92 Å². The average molecular weight is 411 g/mol. The Morgan fingerprint density at radius 1 is 1.23 bits per heavy atom. The zero-order valence-corrected chi connectivity index (χ0v) is 18.1. The lowest BCUT2D eigenvalue weighted by atomic mass is 10.2. The first kappa shape index (κ1) is 21.4. The van der Waals surface area contributed by atoms with Crippen molar-refractivity contribution in [2.24, 2.45) is 4.99 Å². The number of furan rings is 1. The Balaban J connectivity index is 1.66. The van der Waals surface area contributed by atoms with Crippen LogP contribution >= 0.6 is 0 Å². The van der Waals surface area contributed by atoms with E-state index in [2.05, 4.69) is 34.7 Å². The molecular weight excluding hydrogens is 380 g/mol. The van der Waals surface area contributed by atoms with Crippen molar-refractivity contribution in [2.45, 2.75) is 46.3 Å². The lowest BCUT2D eigenvalue weighted by molar-refractivity contribution is 0.414. The Bertz CT molecular complexity index is 945. The Morgan fingerprint density at radius 3 is 2.70 bits per heavy atom. The van der Waals surface area contributed by atoms with Gasteiger partial charge >= 0.3 is 0 Å². The van der Waals surface area contributed by atoms with Gasteiger partial charge in [0.1, 0.15) is 29.4 Å². The van der Waals surface area contributed by atoms with Crippen molar-refractivity contribution in [3.05, 3.63) is 65.6 Å². The summed E-state index contributed by atoms with van der Waals surface area (Å²) in [6.45, 7) is 8.08. The van der Waals surface area contributed by atoms with Gasteiger partial charge in [-0.25, -0.2) is 4.99 Å². The molecule has 2 heterocycles. The largest absolute Gasteiger partial charge is 0.497 e. The van der Waals surface area contributed by atoms with E-state index in [0.29, 0.717) is 13.1 Å². The van der Waals surface area contributed by atoms with Crippen molar-refractivity contribution >= 4 is 5.96 Å². The molecule has 0 saturated carbocycles. The Hall–Kier alpha value is -3.29. The molecule has 3 rings (SSSR count). The fourth-order valence-corrected chi connectivity index (χ4v) is 3.05. The maximum atomic E-state index is 5.75. The Kier molecular flexibility index (Phi) is 7.48. The molecule has 2 aromatic heterocycles. The van der Waals surface area contributed by atoms with Crippen molar-refractivity contribution in [3.8, 4) is 5.75 Å². The molecule has 8 heteroatoms. The predicted molar refractivity (Wildman–Crippen MR) is 117 cm³/mol. The van der Waals surface area contributed by atoms with E-state index in [1.165, 1.54) is 0 Å². The molecule has 1 unspecified atom stereocenters. The van der Waals surface area contributed by atoms with Crippen molar-refractivity contribution in [2.75, 3.05) is 13.7 Å². The van der Waals surface area contributed by atoms with E-state index >= 15 is 0 Å². The minimum Gasteiger partial charge on any atom is -0.497 e. The van der Waals surface area contributed by atoms with Crippen LogP contribution in [0.4, 0.5) is 0 Å². The van der Waals surface area contributed by atoms with Gasteiger partial charge in [-0.2, -0.15) is 0 Å². The molecule has 0 fully saturated rings. The van der Waals surface area contributed by atoms with Gasteiger partial charge in [-0.1, -0.05) is 19.1 Å². The molecule has 8 nitrogen and oxygen atoms in total. The summed E-state index contributed by atoms with van der Waals surface area (Å²) in [6, 6.07) is 11.9. The van der Waals surface area contributed by atoms with Gasteiger partial charge in [0, 0.05) is 19.5 Å². The lowest BCUT2D eigenvalue weighted by Gasteiger charge is -2.17. The molecule has 0 saturated heterocycles. The molecule has 0 aliphatic rings. The van der Waals surface area contributed by atoms with E-state index in [4.69, 9.17) is 14.1 Å². The number of hydrogen-bond acceptors (Lipinski definition) is 5. The van der Waals surface area contributed by atoms with Crippen LogP contribution in [0.15, 0.2) is 52.1 Å². The van der Waals surface area contributed by atoms with E-state index in [1.807, 2.05) is 47.9 Å². The second kappa shape index (κ2) is 10.5. The Morgan fingerprint density at radius 2 is 2.03 bits per heavy atom. The van der Waals surface area contributed by atoms with Gasteiger partial charge in [-0.3, -0.25) is 0 Å². The van der Waals surface area contributed by atoms with Gasteiger partial charge in [0.15, 0.2) is 5.96 Å². The minimum atomic E-state index is -0.0121. The number of nitrogens with zero attached hydrogens (tertiary/aromatic N) is 4. The molecule has 0 spiro atoms. The number of aromatic nitrogens is 3. The normalized spacial score (nSPS) is 12.6. The van der Waals surface area contributed by atoms with Crippen LogP contribution in [0.2, 0.25) is 0 Å². The fraction of sp³-hybridized carbons (Fsp3) is 0.409. The van der Waals surface area contributed by atoms with Crippen LogP contribution in [-0.2, 0) is 19.5 Å². The van der Waals surface area contributed by atoms with Gasteiger partial charge in [-0.15, -0.1) is 10.2 Å². The summed E-state index contributed by atoms with van der Waals surface area (Å²) in [7, 11) is 1.66. The molecule has 0 aliphatic heterocycles. The summed E-state index contributed by atoms with van der Waals surface area (Å²) in [6.07, 6.45) is 2.61. The van der Waals surface area contributed by atoms with Crippen molar-refractivity contribution < 1.29 is 9.15 Å². The van der Waals surface area contributed by atoms with Gasteiger partial charge in [0.25, 0.3) is 0 Å². The Labute approximate surface area is 177 Å². The number of aliphatic imine (C=N–C) groups is 1. The maximum absolute atomic E-state index is 5.75. The number of hydrogen-bond donors (Lipinski definition) is 2. The third-order valence-electron chi connectivity index (χ3n) is 4.78. The molecule has 30 heavy (non-hydrogen) atoms. The monoisotopic (exact) mass is 410 g/mol. The van der Waals surface area contributed by atoms with Crippen LogP contribution in [0.3, 0.4) is 0 Å². The minimum absolute atomic E-state index is 0.0121. The summed E-state index contributed by atoms with van der Waals surface area (Å²) >= 11 is 0. The van der Waals surface area contributed by atoms with Gasteiger partial charge in [-0.05, 0) is 43.7 Å². The van der Waals surface area contributed by atoms with Gasteiger partial charge < -0.3 is 24.4 Å². The van der Waals surface area contributed by atoms with E-state index in [1.54, 1.807) is 13.4 Å². The number of methoxy groups -OCH3 is 1. The van der Waals surface area contributed by atoms with Gasteiger partial charge in [0.2, 0.25) is 0 Å². The topological polar surface area (TPSA) is 89.5 Å². The van der Waals surface area contributed by atoms with Crippen LogP contribution in [-0.4, -0.2) is 34.4 Å². The average Bonchev–Trinajstić information content (AvgIpc) is 3.40. The summed E-state index contributed by atoms with van der Waals surface area (Å²) in [4.78, 5) is 4.75. The third-order valence-corrected chi connectivity index (χ3v) is 4.78. The summed E-state index contributed by atoms with van der Waals surface area (Å²) in [5, 5.41) is 15.0. The summed E-state index contributed by atoms with van der Waals surface area (Å²) in [5.41, 5.74) is 1.10. The molecule has 160 valence electrons. The van der Waals surface area contributed by atoms with Gasteiger partial charge in [0.05, 0.1) is 19.7 Å². The first-order valence-electron chi connectivity index (χ1n) is 10.2. The SMILES string of the molecule is CCc1nncn1CCNC(=NCc1ccc(OC)cc1)NC(C)c1ccc(C)o1. The van der Waals surface area contributed by atoms with Crippen molar-refractivity contribution in [1.29, 1.82) is 0 Å². The van der Waals surface area contributed by atoms with E-state index in [0.717, 1.165) is 47.6 Å². The quantitative estimate of drug-likeness (QED) is 0.416.